The first-order valence-electron chi connectivity index (χ1n) is 5.35. The van der Waals surface area contributed by atoms with Gasteiger partial charge in [0.15, 0.2) is 0 Å². The summed E-state index contributed by atoms with van der Waals surface area (Å²) in [6, 6.07) is 0.479. The van der Waals surface area contributed by atoms with Gasteiger partial charge in [-0.2, -0.15) is 5.10 Å². The van der Waals surface area contributed by atoms with Crippen LogP contribution < -0.4 is 5.32 Å². The number of nitrogens with one attached hydrogen (secondary N) is 1. The first-order chi connectivity index (χ1) is 7.19. The van der Waals surface area contributed by atoms with E-state index >= 15 is 0 Å². The Morgan fingerprint density at radius 2 is 2.27 bits per heavy atom. The number of aromatic nitrogens is 3. The molecule has 1 N–H and O–H groups in total. The van der Waals surface area contributed by atoms with Gasteiger partial charge in [0.2, 0.25) is 0 Å². The monoisotopic (exact) mass is 274 g/mol. The van der Waals surface area contributed by atoms with Gasteiger partial charge in [-0.15, -0.1) is 0 Å². The van der Waals surface area contributed by atoms with Crippen LogP contribution in [0.4, 0.5) is 0 Å². The Hall–Kier alpha value is -0.420. The molecule has 86 valence electrons. The third kappa shape index (κ3) is 3.57. The van der Waals surface area contributed by atoms with E-state index < -0.39 is 0 Å². The summed E-state index contributed by atoms with van der Waals surface area (Å²) in [5.41, 5.74) is 0. The van der Waals surface area contributed by atoms with E-state index in [1.807, 2.05) is 4.68 Å². The number of rotatable bonds is 6. The lowest BCUT2D eigenvalue weighted by Gasteiger charge is -2.19. The topological polar surface area (TPSA) is 42.7 Å². The molecule has 1 unspecified atom stereocenters. The summed E-state index contributed by atoms with van der Waals surface area (Å²) in [6.45, 7) is 8.15. The van der Waals surface area contributed by atoms with Gasteiger partial charge < -0.3 is 5.32 Å². The standard InChI is InChI=1S/C10H19BrN4/c1-4-15-10(13-7-14-15)6-12-9(5-11)8(2)3/h7-9,12H,4-6H2,1-3H3. The van der Waals surface area contributed by atoms with Crippen LogP contribution in [0.1, 0.15) is 26.6 Å². The fraction of sp³-hybridized carbons (Fsp3) is 0.800. The fourth-order valence-corrected chi connectivity index (χ4v) is 2.36. The number of nitrogens with zero attached hydrogens (tertiary/aromatic N) is 3. The summed E-state index contributed by atoms with van der Waals surface area (Å²) in [7, 11) is 0. The normalized spacial score (nSPS) is 13.4. The molecule has 1 heterocycles. The molecule has 5 heteroatoms. The number of alkyl halides is 1. The smallest absolute Gasteiger partial charge is 0.140 e. The average Bonchev–Trinajstić information content (AvgIpc) is 2.65. The van der Waals surface area contributed by atoms with Crippen LogP contribution in [-0.4, -0.2) is 26.1 Å². The van der Waals surface area contributed by atoms with Crippen molar-refractivity contribution in [1.29, 1.82) is 0 Å². The molecule has 0 radical (unpaired) electrons. The first-order valence-corrected chi connectivity index (χ1v) is 6.47. The quantitative estimate of drug-likeness (QED) is 0.805. The molecule has 1 rings (SSSR count). The van der Waals surface area contributed by atoms with Crippen LogP contribution in [0, 0.1) is 5.92 Å². The Morgan fingerprint density at radius 1 is 1.53 bits per heavy atom. The highest BCUT2D eigenvalue weighted by Gasteiger charge is 2.12. The third-order valence-corrected chi connectivity index (χ3v) is 3.19. The van der Waals surface area contributed by atoms with Crippen molar-refractivity contribution in [1.82, 2.24) is 20.1 Å². The zero-order chi connectivity index (χ0) is 11.3. The molecule has 0 aliphatic carbocycles. The minimum atomic E-state index is 0.479. The molecule has 0 aromatic carbocycles. The van der Waals surface area contributed by atoms with Crippen LogP contribution in [0.2, 0.25) is 0 Å². The SMILES string of the molecule is CCn1ncnc1CNC(CBr)C(C)C. The van der Waals surface area contributed by atoms with Crippen molar-refractivity contribution < 1.29 is 0 Å². The summed E-state index contributed by atoms with van der Waals surface area (Å²) in [5, 5.41) is 8.58. The van der Waals surface area contributed by atoms with Gasteiger partial charge in [-0.25, -0.2) is 9.67 Å². The first kappa shape index (κ1) is 12.6. The minimum absolute atomic E-state index is 0.479. The lowest BCUT2D eigenvalue weighted by atomic mass is 10.1. The number of aryl methyl sites for hydroxylation is 1. The molecule has 0 bridgehead atoms. The van der Waals surface area contributed by atoms with Crippen molar-refractivity contribution in [2.24, 2.45) is 5.92 Å². The van der Waals surface area contributed by atoms with Crippen molar-refractivity contribution >= 4 is 15.9 Å². The van der Waals surface area contributed by atoms with Crippen molar-refractivity contribution in [3.63, 3.8) is 0 Å². The molecule has 0 aliphatic heterocycles. The molecule has 15 heavy (non-hydrogen) atoms. The highest BCUT2D eigenvalue weighted by atomic mass is 79.9. The van der Waals surface area contributed by atoms with E-state index in [1.165, 1.54) is 0 Å². The minimum Gasteiger partial charge on any atom is -0.306 e. The highest BCUT2D eigenvalue weighted by Crippen LogP contribution is 2.05. The van der Waals surface area contributed by atoms with Crippen LogP contribution in [-0.2, 0) is 13.1 Å². The summed E-state index contributed by atoms with van der Waals surface area (Å²) in [6.07, 6.45) is 1.61. The average molecular weight is 275 g/mol. The molecule has 4 nitrogen and oxygen atoms in total. The van der Waals surface area contributed by atoms with Crippen molar-refractivity contribution in [3.8, 4) is 0 Å². The van der Waals surface area contributed by atoms with E-state index in [-0.39, 0.29) is 0 Å². The molecule has 0 spiro atoms. The van der Waals surface area contributed by atoms with Gasteiger partial charge in [0.05, 0.1) is 6.54 Å². The molecular formula is C10H19BrN4. The second-order valence-electron chi connectivity index (χ2n) is 3.88. The maximum absolute atomic E-state index is 4.23. The highest BCUT2D eigenvalue weighted by molar-refractivity contribution is 9.09. The van der Waals surface area contributed by atoms with Crippen LogP contribution in [0.25, 0.3) is 0 Å². The second-order valence-corrected chi connectivity index (χ2v) is 4.53. The second kappa shape index (κ2) is 6.23. The van der Waals surface area contributed by atoms with Crippen LogP contribution in [0.5, 0.6) is 0 Å². The zero-order valence-corrected chi connectivity index (χ0v) is 11.2. The van der Waals surface area contributed by atoms with Gasteiger partial charge >= 0.3 is 0 Å². The maximum Gasteiger partial charge on any atom is 0.140 e. The molecule has 0 saturated heterocycles. The summed E-state index contributed by atoms with van der Waals surface area (Å²) < 4.78 is 1.92. The Kier molecular flexibility index (Phi) is 5.25. The third-order valence-electron chi connectivity index (χ3n) is 2.49. The largest absolute Gasteiger partial charge is 0.306 e. The fourth-order valence-electron chi connectivity index (χ4n) is 1.38. The molecule has 0 saturated carbocycles. The van der Waals surface area contributed by atoms with Gasteiger partial charge in [0, 0.05) is 17.9 Å². The maximum atomic E-state index is 4.23. The Balaban J connectivity index is 2.48. The van der Waals surface area contributed by atoms with E-state index in [0.29, 0.717) is 12.0 Å². The molecule has 0 aliphatic rings. The van der Waals surface area contributed by atoms with E-state index in [9.17, 15) is 0 Å². The van der Waals surface area contributed by atoms with Gasteiger partial charge in [-0.05, 0) is 12.8 Å². The lowest BCUT2D eigenvalue weighted by Crippen LogP contribution is -2.35. The van der Waals surface area contributed by atoms with E-state index in [1.54, 1.807) is 6.33 Å². The Labute approximate surface area is 99.6 Å². The van der Waals surface area contributed by atoms with Crippen LogP contribution in [0.3, 0.4) is 0 Å². The van der Waals surface area contributed by atoms with E-state index in [2.05, 4.69) is 52.1 Å². The predicted molar refractivity (Wildman–Crippen MR) is 65.0 cm³/mol. The van der Waals surface area contributed by atoms with Crippen molar-refractivity contribution in [3.05, 3.63) is 12.2 Å². The van der Waals surface area contributed by atoms with E-state index in [0.717, 1.165) is 24.2 Å². The van der Waals surface area contributed by atoms with Crippen LogP contribution in [0.15, 0.2) is 6.33 Å². The zero-order valence-electron chi connectivity index (χ0n) is 9.57. The molecule has 1 aromatic heterocycles. The van der Waals surface area contributed by atoms with Gasteiger partial charge in [-0.1, -0.05) is 29.8 Å². The molecule has 0 amide bonds. The molecule has 1 atom stereocenters. The van der Waals surface area contributed by atoms with Gasteiger partial charge in [0.25, 0.3) is 0 Å². The van der Waals surface area contributed by atoms with Gasteiger partial charge in [0.1, 0.15) is 12.2 Å². The number of halogens is 1. The number of hydrogen-bond acceptors (Lipinski definition) is 3. The van der Waals surface area contributed by atoms with E-state index in [4.69, 9.17) is 0 Å². The lowest BCUT2D eigenvalue weighted by molar-refractivity contribution is 0.421. The molecular weight excluding hydrogens is 256 g/mol. The number of hydrogen-bond donors (Lipinski definition) is 1. The Morgan fingerprint density at radius 3 is 2.80 bits per heavy atom. The summed E-state index contributed by atoms with van der Waals surface area (Å²) in [5.74, 6) is 1.62. The van der Waals surface area contributed by atoms with Crippen molar-refractivity contribution in [2.45, 2.75) is 39.9 Å². The van der Waals surface area contributed by atoms with Crippen LogP contribution >= 0.6 is 15.9 Å². The van der Waals surface area contributed by atoms with Gasteiger partial charge in [-0.3, -0.25) is 0 Å². The molecule has 1 aromatic rings. The molecule has 0 fully saturated rings. The summed E-state index contributed by atoms with van der Waals surface area (Å²) in [4.78, 5) is 4.23. The van der Waals surface area contributed by atoms with Crippen molar-refractivity contribution in [2.75, 3.05) is 5.33 Å². The predicted octanol–water partition coefficient (Wildman–Crippen LogP) is 1.81. The Bertz CT molecular complexity index is 285. The summed E-state index contributed by atoms with van der Waals surface area (Å²) >= 11 is 3.51.